The van der Waals surface area contributed by atoms with E-state index >= 15 is 0 Å². The molecule has 21 heavy (non-hydrogen) atoms. The number of para-hydroxylation sites is 1. The van der Waals surface area contributed by atoms with E-state index in [4.69, 9.17) is 0 Å². The number of aryl methyl sites for hydroxylation is 1. The van der Waals surface area contributed by atoms with Gasteiger partial charge < -0.3 is 5.32 Å². The fourth-order valence-corrected chi connectivity index (χ4v) is 2.85. The average Bonchev–Trinajstić information content (AvgIpc) is 2.80. The van der Waals surface area contributed by atoms with E-state index < -0.39 is 0 Å². The number of nitrogens with one attached hydrogen (secondary N) is 1. The van der Waals surface area contributed by atoms with Gasteiger partial charge in [-0.05, 0) is 42.5 Å². The first-order chi connectivity index (χ1) is 10.2. The van der Waals surface area contributed by atoms with Gasteiger partial charge in [-0.2, -0.15) is 0 Å². The van der Waals surface area contributed by atoms with Crippen LogP contribution in [0.25, 0.3) is 6.08 Å². The molecule has 3 rings (SSSR count). The average molecular weight is 294 g/mol. The summed E-state index contributed by atoms with van der Waals surface area (Å²) in [5.74, 6) is -0.101. The predicted octanol–water partition coefficient (Wildman–Crippen LogP) is 3.89. The van der Waals surface area contributed by atoms with Gasteiger partial charge in [0, 0.05) is 0 Å². The van der Waals surface area contributed by atoms with Crippen LogP contribution in [0.1, 0.15) is 11.1 Å². The third kappa shape index (κ3) is 3.41. The summed E-state index contributed by atoms with van der Waals surface area (Å²) in [6, 6.07) is 17.6. The molecule has 0 saturated carbocycles. The number of hydrogen-bond acceptors (Lipinski definition) is 3. The normalized spacial score (nSPS) is 18.2. The highest BCUT2D eigenvalue weighted by Crippen LogP contribution is 2.27. The van der Waals surface area contributed by atoms with Gasteiger partial charge in [-0.15, -0.1) is 0 Å². The molecule has 3 nitrogen and oxygen atoms in total. The molecule has 1 saturated heterocycles. The lowest BCUT2D eigenvalue weighted by Crippen LogP contribution is -2.19. The van der Waals surface area contributed by atoms with E-state index in [1.54, 1.807) is 0 Å². The molecule has 1 amide bonds. The molecule has 1 heterocycles. The van der Waals surface area contributed by atoms with Crippen molar-refractivity contribution in [3.63, 3.8) is 0 Å². The van der Waals surface area contributed by atoms with E-state index in [2.05, 4.69) is 10.3 Å². The summed E-state index contributed by atoms with van der Waals surface area (Å²) < 4.78 is 0. The van der Waals surface area contributed by atoms with Crippen molar-refractivity contribution in [2.24, 2.45) is 4.99 Å². The highest BCUT2D eigenvalue weighted by Gasteiger charge is 2.23. The predicted molar refractivity (Wildman–Crippen MR) is 88.4 cm³/mol. The maximum atomic E-state index is 12.0. The van der Waals surface area contributed by atoms with E-state index in [1.807, 2.05) is 67.6 Å². The Balaban J connectivity index is 1.84. The zero-order chi connectivity index (χ0) is 14.7. The lowest BCUT2D eigenvalue weighted by atomic mass is 10.1. The first-order valence-electron chi connectivity index (χ1n) is 6.62. The van der Waals surface area contributed by atoms with Gasteiger partial charge in [0.25, 0.3) is 5.91 Å². The Morgan fingerprint density at radius 2 is 1.90 bits per heavy atom. The zero-order valence-electron chi connectivity index (χ0n) is 11.5. The molecule has 1 aliphatic rings. The lowest BCUT2D eigenvalue weighted by Gasteiger charge is -1.96. The number of hydrogen-bond donors (Lipinski definition) is 1. The Kier molecular flexibility index (Phi) is 3.88. The number of aliphatic imine (C=N–C) groups is 1. The number of carbonyl (C=O) groups excluding carboxylic acids is 1. The first kappa shape index (κ1) is 13.6. The second kappa shape index (κ2) is 5.97. The Hall–Kier alpha value is -2.33. The quantitative estimate of drug-likeness (QED) is 0.854. The topological polar surface area (TPSA) is 41.5 Å². The van der Waals surface area contributed by atoms with Gasteiger partial charge in [0.05, 0.1) is 10.6 Å². The number of rotatable bonds is 2. The Bertz CT molecular complexity index is 735. The van der Waals surface area contributed by atoms with Crippen LogP contribution in [0.3, 0.4) is 0 Å². The Morgan fingerprint density at radius 3 is 2.67 bits per heavy atom. The summed E-state index contributed by atoms with van der Waals surface area (Å²) in [6.45, 7) is 2.03. The molecule has 0 aromatic heterocycles. The maximum Gasteiger partial charge on any atom is 0.264 e. The number of nitrogens with zero attached hydrogens (tertiary/aromatic N) is 1. The van der Waals surface area contributed by atoms with Gasteiger partial charge in [-0.1, -0.05) is 48.0 Å². The van der Waals surface area contributed by atoms with Crippen molar-refractivity contribution in [1.82, 2.24) is 5.32 Å². The molecular formula is C17H14N2OS. The van der Waals surface area contributed by atoms with Crippen molar-refractivity contribution in [3.8, 4) is 0 Å². The monoisotopic (exact) mass is 294 g/mol. The third-order valence-corrected chi connectivity index (χ3v) is 3.89. The minimum atomic E-state index is -0.101. The summed E-state index contributed by atoms with van der Waals surface area (Å²) in [5, 5.41) is 3.41. The van der Waals surface area contributed by atoms with Crippen molar-refractivity contribution in [3.05, 3.63) is 70.6 Å². The molecule has 0 bridgehead atoms. The van der Waals surface area contributed by atoms with Crippen molar-refractivity contribution >= 4 is 34.6 Å². The molecule has 2 aromatic rings. The van der Waals surface area contributed by atoms with Crippen molar-refractivity contribution < 1.29 is 4.79 Å². The van der Waals surface area contributed by atoms with Crippen LogP contribution in [0.4, 0.5) is 5.69 Å². The van der Waals surface area contributed by atoms with Crippen LogP contribution in [0.15, 0.2) is 64.5 Å². The molecule has 0 unspecified atom stereocenters. The summed E-state index contributed by atoms with van der Waals surface area (Å²) in [7, 11) is 0. The summed E-state index contributed by atoms with van der Waals surface area (Å²) in [4.78, 5) is 17.1. The Labute approximate surface area is 127 Å². The van der Waals surface area contributed by atoms with Gasteiger partial charge in [-0.3, -0.25) is 4.79 Å². The first-order valence-corrected chi connectivity index (χ1v) is 7.44. The van der Waals surface area contributed by atoms with Crippen LogP contribution < -0.4 is 5.32 Å². The second-order valence-electron chi connectivity index (χ2n) is 4.73. The largest absolute Gasteiger partial charge is 0.300 e. The van der Waals surface area contributed by atoms with Crippen LogP contribution in [0.2, 0.25) is 0 Å². The highest BCUT2D eigenvalue weighted by molar-refractivity contribution is 8.18. The lowest BCUT2D eigenvalue weighted by molar-refractivity contribution is -0.115. The molecule has 4 heteroatoms. The minimum Gasteiger partial charge on any atom is -0.300 e. The van der Waals surface area contributed by atoms with Crippen LogP contribution in [0.5, 0.6) is 0 Å². The van der Waals surface area contributed by atoms with Gasteiger partial charge >= 0.3 is 0 Å². The van der Waals surface area contributed by atoms with Crippen molar-refractivity contribution in [2.45, 2.75) is 6.92 Å². The number of carbonyl (C=O) groups is 1. The molecule has 2 aromatic carbocycles. The van der Waals surface area contributed by atoms with Crippen molar-refractivity contribution in [2.75, 3.05) is 0 Å². The minimum absolute atomic E-state index is 0.101. The van der Waals surface area contributed by atoms with E-state index in [-0.39, 0.29) is 5.91 Å². The molecule has 0 spiro atoms. The van der Waals surface area contributed by atoms with Crippen LogP contribution in [-0.4, -0.2) is 11.1 Å². The molecule has 1 N–H and O–H groups in total. The van der Waals surface area contributed by atoms with Gasteiger partial charge in [0.1, 0.15) is 0 Å². The Morgan fingerprint density at radius 1 is 1.10 bits per heavy atom. The maximum absolute atomic E-state index is 12.0. The fraction of sp³-hybridized carbons (Fsp3) is 0.0588. The van der Waals surface area contributed by atoms with Crippen LogP contribution in [0, 0.1) is 6.92 Å². The summed E-state index contributed by atoms with van der Waals surface area (Å²) in [5.41, 5.74) is 3.02. The molecule has 0 radical (unpaired) electrons. The third-order valence-electron chi connectivity index (χ3n) is 2.98. The van der Waals surface area contributed by atoms with Gasteiger partial charge in [0.15, 0.2) is 5.17 Å². The molecule has 1 fully saturated rings. The highest BCUT2D eigenvalue weighted by atomic mass is 32.2. The van der Waals surface area contributed by atoms with E-state index in [1.165, 1.54) is 17.3 Å². The van der Waals surface area contributed by atoms with Crippen LogP contribution >= 0.6 is 11.8 Å². The van der Waals surface area contributed by atoms with Gasteiger partial charge in [0.2, 0.25) is 0 Å². The standard InChI is InChI=1S/C17H14N2OS/c1-12-6-5-7-13(10-12)11-15-16(20)19-17(21-15)18-14-8-3-2-4-9-14/h2-11H,1H3,(H,18,19,20)/b15-11+. The number of benzene rings is 2. The molecular weight excluding hydrogens is 280 g/mol. The molecule has 0 atom stereocenters. The van der Waals surface area contributed by atoms with E-state index in [9.17, 15) is 4.79 Å². The molecule has 1 aliphatic heterocycles. The number of amides is 1. The second-order valence-corrected chi connectivity index (χ2v) is 5.76. The summed E-state index contributed by atoms with van der Waals surface area (Å²) >= 11 is 1.36. The smallest absolute Gasteiger partial charge is 0.264 e. The number of amidine groups is 1. The van der Waals surface area contributed by atoms with E-state index in [0.29, 0.717) is 10.1 Å². The number of thioether (sulfide) groups is 1. The van der Waals surface area contributed by atoms with E-state index in [0.717, 1.165) is 11.3 Å². The SMILES string of the molecule is Cc1cccc(/C=C2/SC(=Nc3ccccc3)NC2=O)c1. The zero-order valence-corrected chi connectivity index (χ0v) is 12.4. The summed E-state index contributed by atoms with van der Waals surface area (Å²) in [6.07, 6.45) is 1.89. The molecule has 104 valence electrons. The fourth-order valence-electron chi connectivity index (χ4n) is 2.01. The van der Waals surface area contributed by atoms with Crippen molar-refractivity contribution in [1.29, 1.82) is 0 Å². The van der Waals surface area contributed by atoms with Crippen LogP contribution in [-0.2, 0) is 4.79 Å². The molecule has 0 aliphatic carbocycles. The van der Waals surface area contributed by atoms with Gasteiger partial charge in [-0.25, -0.2) is 4.99 Å².